The Morgan fingerprint density at radius 3 is 2.69 bits per heavy atom. The van der Waals surface area contributed by atoms with E-state index >= 15 is 0 Å². The minimum atomic E-state index is 0.720. The maximum absolute atomic E-state index is 8.39. The third kappa shape index (κ3) is 3.36. The van der Waals surface area contributed by atoms with Crippen LogP contribution in [0.25, 0.3) is 0 Å². The third-order valence-corrected chi connectivity index (χ3v) is 2.90. The van der Waals surface area contributed by atoms with Gasteiger partial charge in [0.2, 0.25) is 0 Å². The molecule has 0 aromatic rings. The van der Waals surface area contributed by atoms with Crippen LogP contribution in [0.3, 0.4) is 0 Å². The average Bonchev–Trinajstić information content (AvgIpc) is 2.39. The number of nitriles is 1. The highest BCUT2D eigenvalue weighted by Gasteiger charge is 2.24. The molecular weight excluding hydrogens is 160 g/mol. The summed E-state index contributed by atoms with van der Waals surface area (Å²) in [6.45, 7) is 7.08. The monoisotopic (exact) mass is 180 g/mol. The van der Waals surface area contributed by atoms with Crippen molar-refractivity contribution in [3.05, 3.63) is 0 Å². The van der Waals surface area contributed by atoms with Gasteiger partial charge >= 0.3 is 0 Å². The Morgan fingerprint density at radius 2 is 2.15 bits per heavy atom. The van der Waals surface area contributed by atoms with Crippen molar-refractivity contribution in [2.45, 2.75) is 45.6 Å². The van der Waals surface area contributed by atoms with E-state index in [0.29, 0.717) is 0 Å². The summed E-state index contributed by atoms with van der Waals surface area (Å²) in [6, 6.07) is 2.96. The Balaban J connectivity index is 2.11. The van der Waals surface area contributed by atoms with E-state index in [9.17, 15) is 0 Å². The van der Waals surface area contributed by atoms with E-state index < -0.39 is 0 Å². The van der Waals surface area contributed by atoms with E-state index in [4.69, 9.17) is 5.26 Å². The van der Waals surface area contributed by atoms with Crippen LogP contribution in [0.4, 0.5) is 0 Å². The third-order valence-electron chi connectivity index (χ3n) is 2.90. The summed E-state index contributed by atoms with van der Waals surface area (Å²) in [5.74, 6) is 0.867. The summed E-state index contributed by atoms with van der Waals surface area (Å²) < 4.78 is 0. The maximum Gasteiger partial charge on any atom is 0.0621 e. The van der Waals surface area contributed by atoms with Gasteiger partial charge in [0.15, 0.2) is 0 Å². The van der Waals surface area contributed by atoms with Crippen molar-refractivity contribution in [2.75, 3.05) is 13.1 Å². The summed E-state index contributed by atoms with van der Waals surface area (Å²) in [5.41, 5.74) is 0. The second-order valence-electron chi connectivity index (χ2n) is 4.30. The molecule has 2 heteroatoms. The first kappa shape index (κ1) is 10.5. The molecule has 2 unspecified atom stereocenters. The maximum atomic E-state index is 8.39. The molecule has 1 fully saturated rings. The lowest BCUT2D eigenvalue weighted by molar-refractivity contribution is 0.260. The minimum Gasteiger partial charge on any atom is -0.300 e. The Bertz CT molecular complexity index is 183. The highest BCUT2D eigenvalue weighted by Crippen LogP contribution is 2.22. The first-order chi connectivity index (χ1) is 6.24. The van der Waals surface area contributed by atoms with Crippen LogP contribution in [0.1, 0.15) is 39.5 Å². The van der Waals surface area contributed by atoms with Gasteiger partial charge in [-0.15, -0.1) is 0 Å². The molecule has 1 rings (SSSR count). The first-order valence-electron chi connectivity index (χ1n) is 5.35. The highest BCUT2D eigenvalue weighted by molar-refractivity contribution is 4.80. The molecule has 0 spiro atoms. The molecular formula is C11H20N2. The smallest absolute Gasteiger partial charge is 0.0621 e. The van der Waals surface area contributed by atoms with Crippen molar-refractivity contribution in [2.24, 2.45) is 5.92 Å². The van der Waals surface area contributed by atoms with Crippen LogP contribution in [0.15, 0.2) is 0 Å². The fourth-order valence-corrected chi connectivity index (χ4v) is 2.22. The van der Waals surface area contributed by atoms with Gasteiger partial charge in [0.1, 0.15) is 0 Å². The lowest BCUT2D eigenvalue weighted by atomic mass is 10.1. The van der Waals surface area contributed by atoms with Crippen molar-refractivity contribution >= 4 is 0 Å². The van der Waals surface area contributed by atoms with Crippen LogP contribution in [0.2, 0.25) is 0 Å². The Hall–Kier alpha value is -0.550. The topological polar surface area (TPSA) is 27.0 Å². The van der Waals surface area contributed by atoms with E-state index in [-0.39, 0.29) is 0 Å². The molecule has 1 heterocycles. The molecule has 0 bridgehead atoms. The molecule has 0 radical (unpaired) electrons. The number of unbranched alkanes of at least 4 members (excludes halogenated alkanes) is 2. The van der Waals surface area contributed by atoms with Crippen LogP contribution in [-0.4, -0.2) is 24.0 Å². The second-order valence-corrected chi connectivity index (χ2v) is 4.30. The summed E-state index contributed by atoms with van der Waals surface area (Å²) >= 11 is 0. The van der Waals surface area contributed by atoms with Crippen LogP contribution < -0.4 is 0 Å². The predicted molar refractivity (Wildman–Crippen MR) is 54.3 cm³/mol. The van der Waals surface area contributed by atoms with Crippen LogP contribution in [0, 0.1) is 17.2 Å². The van der Waals surface area contributed by atoms with Crippen LogP contribution >= 0.6 is 0 Å². The zero-order valence-corrected chi connectivity index (χ0v) is 8.79. The van der Waals surface area contributed by atoms with Crippen molar-refractivity contribution in [3.8, 4) is 6.07 Å². The van der Waals surface area contributed by atoms with Crippen molar-refractivity contribution < 1.29 is 0 Å². The largest absolute Gasteiger partial charge is 0.300 e. The zero-order valence-electron chi connectivity index (χ0n) is 8.79. The van der Waals surface area contributed by atoms with Gasteiger partial charge in [-0.2, -0.15) is 5.26 Å². The lowest BCUT2D eigenvalue weighted by Crippen LogP contribution is -2.28. The number of rotatable bonds is 4. The molecule has 0 amide bonds. The Kier molecular flexibility index (Phi) is 4.24. The quantitative estimate of drug-likeness (QED) is 0.621. The van der Waals surface area contributed by atoms with Gasteiger partial charge < -0.3 is 4.90 Å². The van der Waals surface area contributed by atoms with Crippen LogP contribution in [-0.2, 0) is 0 Å². The second kappa shape index (κ2) is 5.24. The molecule has 13 heavy (non-hydrogen) atoms. The number of hydrogen-bond acceptors (Lipinski definition) is 2. The first-order valence-corrected chi connectivity index (χ1v) is 5.35. The van der Waals surface area contributed by atoms with E-state index in [2.05, 4.69) is 24.8 Å². The van der Waals surface area contributed by atoms with E-state index in [1.54, 1.807) is 0 Å². The number of nitrogens with zero attached hydrogens (tertiary/aromatic N) is 2. The normalized spacial score (nSPS) is 29.0. The van der Waals surface area contributed by atoms with Crippen LogP contribution in [0.5, 0.6) is 0 Å². The molecule has 1 aliphatic heterocycles. The van der Waals surface area contributed by atoms with Gasteiger partial charge in [-0.05, 0) is 38.6 Å². The molecule has 0 saturated carbocycles. The summed E-state index contributed by atoms with van der Waals surface area (Å²) in [7, 11) is 0. The van der Waals surface area contributed by atoms with E-state index in [0.717, 1.165) is 24.8 Å². The lowest BCUT2D eigenvalue weighted by Gasteiger charge is -2.20. The summed E-state index contributed by atoms with van der Waals surface area (Å²) in [6.07, 6.45) is 4.31. The van der Waals surface area contributed by atoms with Gasteiger partial charge in [-0.3, -0.25) is 0 Å². The van der Waals surface area contributed by atoms with Crippen molar-refractivity contribution in [3.63, 3.8) is 0 Å². The fourth-order valence-electron chi connectivity index (χ4n) is 2.22. The summed E-state index contributed by atoms with van der Waals surface area (Å²) in [5, 5.41) is 8.39. The average molecular weight is 180 g/mol. The fraction of sp³-hybridized carbons (Fsp3) is 0.909. The Labute approximate surface area is 81.5 Å². The Morgan fingerprint density at radius 1 is 1.38 bits per heavy atom. The molecule has 1 saturated heterocycles. The molecule has 0 aliphatic carbocycles. The van der Waals surface area contributed by atoms with Crippen molar-refractivity contribution in [1.29, 1.82) is 5.26 Å². The molecule has 0 N–H and O–H groups in total. The van der Waals surface area contributed by atoms with Gasteiger partial charge in [0, 0.05) is 19.0 Å². The standard InChI is InChI=1S/C11H20N2/c1-10-8-11(2)13(9-10)7-5-3-4-6-12/h10-11H,3-5,7-9H2,1-2H3. The molecule has 0 aromatic carbocycles. The van der Waals surface area contributed by atoms with E-state index in [1.165, 1.54) is 25.9 Å². The highest BCUT2D eigenvalue weighted by atomic mass is 15.2. The molecule has 1 aliphatic rings. The van der Waals surface area contributed by atoms with Crippen molar-refractivity contribution in [1.82, 2.24) is 4.90 Å². The van der Waals surface area contributed by atoms with Gasteiger partial charge in [-0.25, -0.2) is 0 Å². The molecule has 2 nitrogen and oxygen atoms in total. The molecule has 0 aromatic heterocycles. The molecule has 2 atom stereocenters. The predicted octanol–water partition coefficient (Wildman–Crippen LogP) is 2.41. The summed E-state index contributed by atoms with van der Waals surface area (Å²) in [4.78, 5) is 2.56. The van der Waals surface area contributed by atoms with Gasteiger partial charge in [0.25, 0.3) is 0 Å². The number of hydrogen-bond donors (Lipinski definition) is 0. The number of likely N-dealkylation sites (tertiary alicyclic amines) is 1. The van der Waals surface area contributed by atoms with Gasteiger partial charge in [0.05, 0.1) is 6.07 Å². The van der Waals surface area contributed by atoms with Gasteiger partial charge in [-0.1, -0.05) is 6.92 Å². The van der Waals surface area contributed by atoms with E-state index in [1.807, 2.05) is 0 Å². The zero-order chi connectivity index (χ0) is 9.68. The minimum absolute atomic E-state index is 0.720. The molecule has 74 valence electrons. The SMILES string of the molecule is CC1CC(C)N(CCCCC#N)C1.